The maximum atomic E-state index is 9.34. The molecule has 0 aliphatic heterocycles. The van der Waals surface area contributed by atoms with E-state index in [1.165, 1.54) is 0 Å². The maximum Gasteiger partial charge on any atom is 0.163 e. The van der Waals surface area contributed by atoms with Crippen LogP contribution in [0, 0.1) is 5.92 Å². The smallest absolute Gasteiger partial charge is 0.163 e. The second-order valence-electron chi connectivity index (χ2n) is 4.85. The number of nitrogens with one attached hydrogen (secondary N) is 1. The Morgan fingerprint density at radius 1 is 1.44 bits per heavy atom. The number of aliphatic hydroxyl groups is 1. The van der Waals surface area contributed by atoms with Crippen LogP contribution in [-0.2, 0) is 7.05 Å². The van der Waals surface area contributed by atoms with Gasteiger partial charge in [0, 0.05) is 25.6 Å². The van der Waals surface area contributed by atoms with E-state index in [1.807, 2.05) is 7.05 Å². The Balaban J connectivity index is 1.90. The van der Waals surface area contributed by atoms with Gasteiger partial charge in [-0.05, 0) is 12.8 Å². The van der Waals surface area contributed by atoms with Crippen LogP contribution in [0.4, 0.5) is 5.82 Å². The van der Waals surface area contributed by atoms with E-state index in [0.717, 1.165) is 36.1 Å². The number of anilines is 1. The molecule has 2 aromatic rings. The van der Waals surface area contributed by atoms with Crippen molar-refractivity contribution >= 4 is 16.9 Å². The zero-order chi connectivity index (χ0) is 12.5. The van der Waals surface area contributed by atoms with E-state index in [0.29, 0.717) is 12.0 Å². The number of aryl methyl sites for hydroxylation is 1. The van der Waals surface area contributed by atoms with Crippen molar-refractivity contribution in [3.05, 3.63) is 12.5 Å². The van der Waals surface area contributed by atoms with Crippen molar-refractivity contribution in [2.75, 3.05) is 11.9 Å². The van der Waals surface area contributed by atoms with Gasteiger partial charge < -0.3 is 10.4 Å². The Bertz CT molecular complexity index is 552. The fourth-order valence-corrected chi connectivity index (χ4v) is 2.70. The molecule has 2 atom stereocenters. The lowest BCUT2D eigenvalue weighted by Crippen LogP contribution is -2.26. The molecule has 1 aliphatic rings. The van der Waals surface area contributed by atoms with Gasteiger partial charge in [-0.2, -0.15) is 5.10 Å². The van der Waals surface area contributed by atoms with Gasteiger partial charge in [0.15, 0.2) is 5.65 Å². The van der Waals surface area contributed by atoms with Gasteiger partial charge in [0.05, 0.1) is 11.6 Å². The zero-order valence-electron chi connectivity index (χ0n) is 10.4. The molecule has 2 unspecified atom stereocenters. The first-order valence-corrected chi connectivity index (χ1v) is 6.29. The fourth-order valence-electron chi connectivity index (χ4n) is 2.70. The van der Waals surface area contributed by atoms with Crippen molar-refractivity contribution in [1.29, 1.82) is 0 Å². The van der Waals surface area contributed by atoms with Gasteiger partial charge in [-0.15, -0.1) is 0 Å². The van der Waals surface area contributed by atoms with E-state index in [9.17, 15) is 5.11 Å². The quantitative estimate of drug-likeness (QED) is 0.844. The minimum atomic E-state index is 0.235. The largest absolute Gasteiger partial charge is 0.396 e. The molecule has 6 heteroatoms. The van der Waals surface area contributed by atoms with Crippen molar-refractivity contribution in [3.8, 4) is 0 Å². The van der Waals surface area contributed by atoms with Gasteiger partial charge in [0.25, 0.3) is 0 Å². The van der Waals surface area contributed by atoms with Crippen molar-refractivity contribution in [2.24, 2.45) is 13.0 Å². The molecule has 18 heavy (non-hydrogen) atoms. The van der Waals surface area contributed by atoms with Crippen LogP contribution in [0.2, 0.25) is 0 Å². The zero-order valence-corrected chi connectivity index (χ0v) is 10.4. The number of aromatic nitrogens is 4. The number of hydrogen-bond acceptors (Lipinski definition) is 5. The van der Waals surface area contributed by atoms with Crippen LogP contribution >= 0.6 is 0 Å². The molecule has 0 bridgehead atoms. The highest BCUT2D eigenvalue weighted by atomic mass is 16.3. The van der Waals surface area contributed by atoms with Crippen molar-refractivity contribution in [3.63, 3.8) is 0 Å². The summed E-state index contributed by atoms with van der Waals surface area (Å²) < 4.78 is 1.74. The molecule has 1 aliphatic carbocycles. The summed E-state index contributed by atoms with van der Waals surface area (Å²) in [7, 11) is 1.87. The first kappa shape index (κ1) is 11.4. The summed E-state index contributed by atoms with van der Waals surface area (Å²) >= 11 is 0. The van der Waals surface area contributed by atoms with Gasteiger partial charge in [-0.1, -0.05) is 6.42 Å². The lowest BCUT2D eigenvalue weighted by Gasteiger charge is -2.19. The molecule has 0 spiro atoms. The Kier molecular flexibility index (Phi) is 2.87. The van der Waals surface area contributed by atoms with E-state index in [4.69, 9.17) is 0 Å². The van der Waals surface area contributed by atoms with Gasteiger partial charge in [-0.3, -0.25) is 4.68 Å². The van der Waals surface area contributed by atoms with Crippen LogP contribution in [0.3, 0.4) is 0 Å². The third kappa shape index (κ3) is 1.82. The molecule has 3 rings (SSSR count). The second kappa shape index (κ2) is 4.53. The van der Waals surface area contributed by atoms with Crippen LogP contribution in [0.5, 0.6) is 0 Å². The van der Waals surface area contributed by atoms with Crippen LogP contribution in [0.15, 0.2) is 12.5 Å². The summed E-state index contributed by atoms with van der Waals surface area (Å²) in [5.74, 6) is 1.14. The predicted molar refractivity (Wildman–Crippen MR) is 68.1 cm³/mol. The van der Waals surface area contributed by atoms with Gasteiger partial charge in [0.2, 0.25) is 0 Å². The molecule has 0 aromatic carbocycles. The molecule has 1 saturated carbocycles. The van der Waals surface area contributed by atoms with Crippen LogP contribution in [-0.4, -0.2) is 37.5 Å². The number of hydrogen-bond donors (Lipinski definition) is 2. The molecule has 2 aromatic heterocycles. The van der Waals surface area contributed by atoms with Gasteiger partial charge >= 0.3 is 0 Å². The minimum absolute atomic E-state index is 0.235. The summed E-state index contributed by atoms with van der Waals surface area (Å²) in [4.78, 5) is 8.51. The molecule has 2 N–H and O–H groups in total. The molecule has 6 nitrogen and oxygen atoms in total. The molecule has 0 saturated heterocycles. The normalized spacial score (nSPS) is 23.7. The Morgan fingerprint density at radius 2 is 2.33 bits per heavy atom. The average Bonchev–Trinajstić information content (AvgIpc) is 2.98. The van der Waals surface area contributed by atoms with E-state index < -0.39 is 0 Å². The topological polar surface area (TPSA) is 75.9 Å². The molecule has 0 radical (unpaired) electrons. The van der Waals surface area contributed by atoms with E-state index in [2.05, 4.69) is 20.4 Å². The van der Waals surface area contributed by atoms with E-state index in [-0.39, 0.29) is 6.61 Å². The highest BCUT2D eigenvalue weighted by Gasteiger charge is 2.27. The lowest BCUT2D eigenvalue weighted by molar-refractivity contribution is 0.222. The van der Waals surface area contributed by atoms with Gasteiger partial charge in [-0.25, -0.2) is 9.97 Å². The number of rotatable bonds is 3. The summed E-state index contributed by atoms with van der Waals surface area (Å²) in [6.07, 6.45) is 6.65. The van der Waals surface area contributed by atoms with E-state index in [1.54, 1.807) is 17.2 Å². The van der Waals surface area contributed by atoms with Crippen molar-refractivity contribution in [1.82, 2.24) is 19.7 Å². The first-order valence-electron chi connectivity index (χ1n) is 6.29. The SMILES string of the molecule is Cn1ncc2c(NC3CCCC3CO)ncnc21. The summed E-state index contributed by atoms with van der Waals surface area (Å²) in [5, 5.41) is 17.9. The molecular formula is C12H17N5O. The fraction of sp³-hybridized carbons (Fsp3) is 0.583. The average molecular weight is 247 g/mol. The van der Waals surface area contributed by atoms with Gasteiger partial charge in [0.1, 0.15) is 12.1 Å². The highest BCUT2D eigenvalue weighted by molar-refractivity contribution is 5.86. The number of nitrogens with zero attached hydrogens (tertiary/aromatic N) is 4. The van der Waals surface area contributed by atoms with Crippen molar-refractivity contribution in [2.45, 2.75) is 25.3 Å². The summed E-state index contributed by atoms with van der Waals surface area (Å²) in [6.45, 7) is 0.235. The third-order valence-corrected chi connectivity index (χ3v) is 3.75. The Hall–Kier alpha value is -1.69. The standard InChI is InChI=1S/C12H17N5O/c1-17-12-9(5-15-17)11(13-7-14-12)16-10-4-2-3-8(10)6-18/h5,7-8,10,18H,2-4,6H2,1H3,(H,13,14,16). The third-order valence-electron chi connectivity index (χ3n) is 3.75. The molecule has 1 fully saturated rings. The molecule has 96 valence electrons. The number of aliphatic hydroxyl groups excluding tert-OH is 1. The molecule has 0 amide bonds. The summed E-state index contributed by atoms with van der Waals surface area (Å²) in [6, 6.07) is 0.299. The van der Waals surface area contributed by atoms with Crippen LogP contribution in [0.25, 0.3) is 11.0 Å². The lowest BCUT2D eigenvalue weighted by atomic mass is 10.1. The predicted octanol–water partition coefficient (Wildman–Crippen LogP) is 0.936. The summed E-state index contributed by atoms with van der Waals surface area (Å²) in [5.41, 5.74) is 0.825. The van der Waals surface area contributed by atoms with E-state index >= 15 is 0 Å². The van der Waals surface area contributed by atoms with Crippen LogP contribution in [0.1, 0.15) is 19.3 Å². The number of fused-ring (bicyclic) bond motifs is 1. The monoisotopic (exact) mass is 247 g/mol. The molecular weight excluding hydrogens is 230 g/mol. The highest BCUT2D eigenvalue weighted by Crippen LogP contribution is 2.29. The Morgan fingerprint density at radius 3 is 3.17 bits per heavy atom. The van der Waals surface area contributed by atoms with Crippen LogP contribution < -0.4 is 5.32 Å². The first-order chi connectivity index (χ1) is 8.79. The second-order valence-corrected chi connectivity index (χ2v) is 4.85. The minimum Gasteiger partial charge on any atom is -0.396 e. The van der Waals surface area contributed by atoms with Crippen molar-refractivity contribution < 1.29 is 5.11 Å². The Labute approximate surface area is 105 Å². The maximum absolute atomic E-state index is 9.34. The molecule has 2 heterocycles.